The van der Waals surface area contributed by atoms with Crippen LogP contribution in [0, 0.1) is 0 Å². The van der Waals surface area contributed by atoms with E-state index in [2.05, 4.69) is 10.1 Å². The summed E-state index contributed by atoms with van der Waals surface area (Å²) in [7, 11) is 2.83. The number of carbonyl (C=O) groups is 2. The number of urea groups is 1. The van der Waals surface area contributed by atoms with Crippen molar-refractivity contribution in [1.29, 1.82) is 0 Å². The highest BCUT2D eigenvalue weighted by molar-refractivity contribution is 6.03. The molecule has 2 aromatic carbocycles. The number of alkyl halides is 2. The first-order chi connectivity index (χ1) is 15.8. The Hall–Kier alpha value is -3.82. The first-order valence-electron chi connectivity index (χ1n) is 10.1. The molecule has 2 amide bonds. The Morgan fingerprint density at radius 1 is 1.09 bits per heavy atom. The number of hydrogen-bond acceptors (Lipinski definition) is 6. The Balaban J connectivity index is 2.09. The van der Waals surface area contributed by atoms with Crippen molar-refractivity contribution in [3.05, 3.63) is 59.3 Å². The van der Waals surface area contributed by atoms with E-state index < -0.39 is 24.7 Å². The molecule has 8 nitrogen and oxygen atoms in total. The van der Waals surface area contributed by atoms with Gasteiger partial charge < -0.3 is 24.3 Å². The molecule has 1 unspecified atom stereocenters. The molecule has 2 aromatic rings. The third-order valence-electron chi connectivity index (χ3n) is 5.05. The predicted molar refractivity (Wildman–Crippen MR) is 116 cm³/mol. The van der Waals surface area contributed by atoms with E-state index in [1.54, 1.807) is 38.1 Å². The first kappa shape index (κ1) is 23.8. The molecular formula is C23H24F2N2O6. The van der Waals surface area contributed by atoms with Crippen LogP contribution in [0.25, 0.3) is 0 Å². The van der Waals surface area contributed by atoms with Crippen LogP contribution in [0.4, 0.5) is 19.3 Å². The number of benzene rings is 2. The number of methoxy groups -OCH3 is 2. The molecule has 0 fully saturated rings. The number of amides is 2. The van der Waals surface area contributed by atoms with Gasteiger partial charge in [0.05, 0.1) is 38.1 Å². The van der Waals surface area contributed by atoms with Gasteiger partial charge in [-0.2, -0.15) is 8.78 Å². The van der Waals surface area contributed by atoms with Crippen molar-refractivity contribution < 1.29 is 37.3 Å². The quantitative estimate of drug-likeness (QED) is 0.585. The maximum atomic E-state index is 13.1. The number of allylic oxidation sites excluding steroid dienone is 1. The largest absolute Gasteiger partial charge is 0.497 e. The minimum absolute atomic E-state index is 0.0282. The van der Waals surface area contributed by atoms with Gasteiger partial charge in [-0.3, -0.25) is 4.90 Å². The van der Waals surface area contributed by atoms with Gasteiger partial charge in [0.15, 0.2) is 11.5 Å². The summed E-state index contributed by atoms with van der Waals surface area (Å²) in [6.45, 7) is 0.400. The zero-order valence-corrected chi connectivity index (χ0v) is 18.6. The number of nitrogens with zero attached hydrogens (tertiary/aromatic N) is 1. The summed E-state index contributed by atoms with van der Waals surface area (Å²) in [5.41, 5.74) is 1.50. The van der Waals surface area contributed by atoms with Crippen LogP contribution in [0.3, 0.4) is 0 Å². The van der Waals surface area contributed by atoms with Gasteiger partial charge in [0.1, 0.15) is 5.75 Å². The zero-order valence-electron chi connectivity index (χ0n) is 18.6. The van der Waals surface area contributed by atoms with Crippen LogP contribution >= 0.6 is 0 Å². The van der Waals surface area contributed by atoms with E-state index in [0.29, 0.717) is 22.7 Å². The second-order valence-electron chi connectivity index (χ2n) is 6.92. The highest BCUT2D eigenvalue weighted by Gasteiger charge is 2.37. The average molecular weight is 462 g/mol. The van der Waals surface area contributed by atoms with Crippen LogP contribution in [0.1, 0.15) is 25.5 Å². The third-order valence-corrected chi connectivity index (χ3v) is 5.05. The molecule has 3 rings (SSSR count). The second kappa shape index (κ2) is 10.2. The normalized spacial score (nSPS) is 15.9. The maximum absolute atomic E-state index is 13.1. The summed E-state index contributed by atoms with van der Waals surface area (Å²) in [6.07, 6.45) is 0. The molecule has 0 spiro atoms. The highest BCUT2D eigenvalue weighted by Crippen LogP contribution is 2.38. The van der Waals surface area contributed by atoms with Crippen LogP contribution in [-0.2, 0) is 9.53 Å². The summed E-state index contributed by atoms with van der Waals surface area (Å²) in [5, 5.41) is 2.79. The highest BCUT2D eigenvalue weighted by atomic mass is 19.3. The molecule has 0 aliphatic carbocycles. The first-order valence-corrected chi connectivity index (χ1v) is 10.1. The lowest BCUT2D eigenvalue weighted by atomic mass is 9.94. The Morgan fingerprint density at radius 2 is 1.79 bits per heavy atom. The van der Waals surface area contributed by atoms with Crippen LogP contribution in [0.2, 0.25) is 0 Å². The maximum Gasteiger partial charge on any atom is 0.387 e. The standard InChI is InChI=1S/C23H24F2N2O6/c1-5-32-21(28)19-13(2)27(15-7-9-16(30-3)10-8-15)23(29)26-20(19)14-6-11-17(33-22(24)25)18(12-14)31-4/h6-12,20,22H,5H2,1-4H3,(H,26,29). The number of nitrogens with one attached hydrogen (secondary N) is 1. The Kier molecular flexibility index (Phi) is 7.37. The van der Waals surface area contributed by atoms with Crippen molar-refractivity contribution in [2.45, 2.75) is 26.5 Å². The lowest BCUT2D eigenvalue weighted by Crippen LogP contribution is -2.48. The molecule has 1 aliphatic heterocycles. The number of esters is 1. The average Bonchev–Trinajstić information content (AvgIpc) is 2.79. The van der Waals surface area contributed by atoms with Gasteiger partial charge in [-0.1, -0.05) is 6.07 Å². The van der Waals surface area contributed by atoms with Gasteiger partial charge in [0.25, 0.3) is 0 Å². The molecule has 10 heteroatoms. The summed E-state index contributed by atoms with van der Waals surface area (Å²) in [5.74, 6) is -0.151. The fourth-order valence-electron chi connectivity index (χ4n) is 3.57. The zero-order chi connectivity index (χ0) is 24.1. The molecule has 33 heavy (non-hydrogen) atoms. The van der Waals surface area contributed by atoms with Crippen molar-refractivity contribution in [1.82, 2.24) is 5.32 Å². The number of anilines is 1. The van der Waals surface area contributed by atoms with Crippen LogP contribution in [0.15, 0.2) is 53.7 Å². The van der Waals surface area contributed by atoms with Crippen molar-refractivity contribution in [2.75, 3.05) is 25.7 Å². The van der Waals surface area contributed by atoms with E-state index in [-0.39, 0.29) is 23.7 Å². The number of halogens is 2. The predicted octanol–water partition coefficient (Wildman–Crippen LogP) is 4.41. The van der Waals surface area contributed by atoms with E-state index in [1.807, 2.05) is 0 Å². The Labute approximate surface area is 189 Å². The van der Waals surface area contributed by atoms with Crippen LogP contribution in [-0.4, -0.2) is 39.4 Å². The Morgan fingerprint density at radius 3 is 2.36 bits per heavy atom. The molecule has 1 heterocycles. The van der Waals surface area contributed by atoms with Crippen LogP contribution < -0.4 is 24.4 Å². The van der Waals surface area contributed by atoms with Gasteiger partial charge in [0, 0.05) is 5.70 Å². The van der Waals surface area contributed by atoms with Gasteiger partial charge >= 0.3 is 18.6 Å². The molecule has 0 bridgehead atoms. The molecule has 0 aromatic heterocycles. The van der Waals surface area contributed by atoms with Gasteiger partial charge in [-0.25, -0.2) is 9.59 Å². The van der Waals surface area contributed by atoms with Crippen molar-refractivity contribution >= 4 is 17.7 Å². The van der Waals surface area contributed by atoms with Gasteiger partial charge in [-0.05, 0) is 55.8 Å². The van der Waals surface area contributed by atoms with Crippen molar-refractivity contribution in [3.63, 3.8) is 0 Å². The molecule has 1 atom stereocenters. The van der Waals surface area contributed by atoms with Crippen molar-refractivity contribution in [3.8, 4) is 17.2 Å². The van der Waals surface area contributed by atoms with E-state index >= 15 is 0 Å². The summed E-state index contributed by atoms with van der Waals surface area (Å²) in [4.78, 5) is 27.3. The summed E-state index contributed by atoms with van der Waals surface area (Å²) < 4.78 is 45.4. The fraction of sp³-hybridized carbons (Fsp3) is 0.304. The molecular weight excluding hydrogens is 438 g/mol. The van der Waals surface area contributed by atoms with E-state index in [9.17, 15) is 18.4 Å². The number of ether oxygens (including phenoxy) is 4. The smallest absolute Gasteiger partial charge is 0.387 e. The molecule has 176 valence electrons. The number of carbonyl (C=O) groups excluding carboxylic acids is 2. The molecule has 0 saturated carbocycles. The molecule has 1 aliphatic rings. The minimum Gasteiger partial charge on any atom is -0.497 e. The van der Waals surface area contributed by atoms with Gasteiger partial charge in [-0.15, -0.1) is 0 Å². The molecule has 0 radical (unpaired) electrons. The van der Waals surface area contributed by atoms with E-state index in [1.165, 1.54) is 37.3 Å². The second-order valence-corrected chi connectivity index (χ2v) is 6.92. The summed E-state index contributed by atoms with van der Waals surface area (Å²) in [6, 6.07) is 9.56. The number of rotatable bonds is 8. The number of hydrogen-bond donors (Lipinski definition) is 1. The fourth-order valence-corrected chi connectivity index (χ4v) is 3.57. The lowest BCUT2D eigenvalue weighted by Gasteiger charge is -2.35. The molecule has 1 N–H and O–H groups in total. The van der Waals surface area contributed by atoms with Crippen molar-refractivity contribution in [2.24, 2.45) is 0 Å². The van der Waals surface area contributed by atoms with Gasteiger partial charge in [0.2, 0.25) is 0 Å². The minimum atomic E-state index is -3.03. The monoisotopic (exact) mass is 462 g/mol. The Bertz CT molecular complexity index is 1060. The topological polar surface area (TPSA) is 86.3 Å². The summed E-state index contributed by atoms with van der Waals surface area (Å²) >= 11 is 0. The SMILES string of the molecule is CCOC(=O)C1=C(C)N(c2ccc(OC)cc2)C(=O)NC1c1ccc(OC(F)F)c(OC)c1. The van der Waals surface area contributed by atoms with E-state index in [0.717, 1.165) is 0 Å². The third kappa shape index (κ3) is 5.00. The lowest BCUT2D eigenvalue weighted by molar-refractivity contribution is -0.139. The molecule has 0 saturated heterocycles. The van der Waals surface area contributed by atoms with E-state index in [4.69, 9.17) is 14.2 Å². The van der Waals surface area contributed by atoms with Crippen LogP contribution in [0.5, 0.6) is 17.2 Å².